The smallest absolute Gasteiger partial charge is 0.261 e. The van der Waals surface area contributed by atoms with E-state index in [-0.39, 0.29) is 11.9 Å². The highest BCUT2D eigenvalue weighted by Gasteiger charge is 2.15. The first kappa shape index (κ1) is 14.2. The zero-order valence-electron chi connectivity index (χ0n) is 9.05. The average molecular weight is 371 g/mol. The van der Waals surface area contributed by atoms with Crippen molar-refractivity contribution >= 4 is 49.1 Å². The van der Waals surface area contributed by atoms with Gasteiger partial charge < -0.3 is 10.1 Å². The van der Waals surface area contributed by atoms with Crippen LogP contribution in [0.1, 0.15) is 15.2 Å². The summed E-state index contributed by atoms with van der Waals surface area (Å²) in [6, 6.07) is 1.88. The van der Waals surface area contributed by atoms with Crippen LogP contribution in [0, 0.1) is 6.92 Å². The van der Waals surface area contributed by atoms with E-state index in [9.17, 15) is 4.79 Å². The Hall–Kier alpha value is 0.0900. The Labute approximate surface area is 116 Å². The molecule has 0 spiro atoms. The van der Waals surface area contributed by atoms with E-state index in [2.05, 4.69) is 37.2 Å². The summed E-state index contributed by atoms with van der Waals surface area (Å²) in [5, 5.41) is 3.58. The van der Waals surface area contributed by atoms with Crippen molar-refractivity contribution < 1.29 is 9.53 Å². The third kappa shape index (κ3) is 3.84. The molecule has 3 nitrogen and oxygen atoms in total. The van der Waals surface area contributed by atoms with Gasteiger partial charge in [-0.05, 0) is 34.5 Å². The van der Waals surface area contributed by atoms with Crippen molar-refractivity contribution in [3.8, 4) is 0 Å². The Bertz CT molecular complexity index is 348. The van der Waals surface area contributed by atoms with Crippen molar-refractivity contribution in [3.63, 3.8) is 0 Å². The molecule has 16 heavy (non-hydrogen) atoms. The summed E-state index contributed by atoms with van der Waals surface area (Å²) in [6.07, 6.45) is 0. The predicted molar refractivity (Wildman–Crippen MR) is 73.7 cm³/mol. The summed E-state index contributed by atoms with van der Waals surface area (Å²) < 4.78 is 6.01. The quantitative estimate of drug-likeness (QED) is 0.809. The van der Waals surface area contributed by atoms with Crippen LogP contribution in [0.3, 0.4) is 0 Å². The molecule has 0 bridgehead atoms. The molecule has 1 amide bonds. The second kappa shape index (κ2) is 6.74. The molecule has 0 saturated carbocycles. The number of carbonyl (C=O) groups is 1. The maximum Gasteiger partial charge on any atom is 0.261 e. The number of rotatable bonds is 5. The molecular weight excluding hydrogens is 358 g/mol. The van der Waals surface area contributed by atoms with Crippen LogP contribution < -0.4 is 5.32 Å². The fourth-order valence-electron chi connectivity index (χ4n) is 1.15. The molecule has 1 rings (SSSR count). The number of alkyl halides is 1. The molecule has 1 atom stereocenters. The minimum atomic E-state index is -0.0553. The third-order valence-corrected chi connectivity index (χ3v) is 4.89. The van der Waals surface area contributed by atoms with Gasteiger partial charge in [-0.2, -0.15) is 0 Å². The predicted octanol–water partition coefficient (Wildman–Crippen LogP) is 2.96. The first-order valence-corrected chi connectivity index (χ1v) is 7.43. The molecule has 0 radical (unpaired) electrons. The Kier molecular flexibility index (Phi) is 5.96. The molecule has 1 aromatic heterocycles. The van der Waals surface area contributed by atoms with Crippen LogP contribution >= 0.6 is 43.2 Å². The number of carbonyl (C=O) groups excluding carboxylic acids is 1. The molecule has 0 aromatic carbocycles. The zero-order chi connectivity index (χ0) is 12.1. The molecule has 0 saturated heterocycles. The van der Waals surface area contributed by atoms with Crippen LogP contribution in [0.15, 0.2) is 9.85 Å². The number of hydrogen-bond acceptors (Lipinski definition) is 3. The van der Waals surface area contributed by atoms with Gasteiger partial charge in [-0.15, -0.1) is 11.3 Å². The summed E-state index contributed by atoms with van der Waals surface area (Å²) >= 11 is 8.18. The summed E-state index contributed by atoms with van der Waals surface area (Å²) in [5.41, 5.74) is 1.08. The number of ether oxygens (including phenoxy) is 1. The molecule has 1 N–H and O–H groups in total. The van der Waals surface area contributed by atoms with Crippen LogP contribution in [0.4, 0.5) is 0 Å². The summed E-state index contributed by atoms with van der Waals surface area (Å²) in [7, 11) is 1.62. The van der Waals surface area contributed by atoms with Gasteiger partial charge in [0.2, 0.25) is 0 Å². The first-order chi connectivity index (χ1) is 7.58. The van der Waals surface area contributed by atoms with Crippen LogP contribution in [0.2, 0.25) is 0 Å². The lowest BCUT2D eigenvalue weighted by atomic mass is 10.3. The summed E-state index contributed by atoms with van der Waals surface area (Å²) in [6.45, 7) is 2.47. The van der Waals surface area contributed by atoms with E-state index in [1.807, 2.05) is 13.0 Å². The minimum Gasteiger partial charge on any atom is -0.383 e. The van der Waals surface area contributed by atoms with E-state index >= 15 is 0 Å². The van der Waals surface area contributed by atoms with Gasteiger partial charge in [-0.25, -0.2) is 0 Å². The molecule has 90 valence electrons. The topological polar surface area (TPSA) is 38.3 Å². The minimum absolute atomic E-state index is 0.00122. The second-order valence-corrected chi connectivity index (χ2v) is 6.36. The highest BCUT2D eigenvalue weighted by Crippen LogP contribution is 2.27. The highest BCUT2D eigenvalue weighted by molar-refractivity contribution is 9.11. The van der Waals surface area contributed by atoms with E-state index in [1.54, 1.807) is 7.11 Å². The van der Waals surface area contributed by atoms with E-state index in [0.29, 0.717) is 16.8 Å². The number of amides is 1. The number of hydrogen-bond donors (Lipinski definition) is 1. The van der Waals surface area contributed by atoms with Gasteiger partial charge in [-0.1, -0.05) is 15.9 Å². The number of aryl methyl sites for hydroxylation is 1. The van der Waals surface area contributed by atoms with Crippen LogP contribution in [0.5, 0.6) is 0 Å². The highest BCUT2D eigenvalue weighted by atomic mass is 79.9. The molecule has 0 aliphatic carbocycles. The van der Waals surface area contributed by atoms with Gasteiger partial charge in [0.15, 0.2) is 0 Å². The molecule has 0 fully saturated rings. The van der Waals surface area contributed by atoms with E-state index in [4.69, 9.17) is 4.74 Å². The second-order valence-electron chi connectivity index (χ2n) is 3.35. The SMILES string of the molecule is COCC(CBr)NC(=O)c1cc(C)c(Br)s1. The van der Waals surface area contributed by atoms with Gasteiger partial charge in [0, 0.05) is 12.4 Å². The fourth-order valence-corrected chi connectivity index (χ4v) is 2.94. The van der Waals surface area contributed by atoms with Crippen molar-refractivity contribution in [2.75, 3.05) is 19.0 Å². The lowest BCUT2D eigenvalue weighted by molar-refractivity contribution is 0.0912. The number of methoxy groups -OCH3 is 1. The van der Waals surface area contributed by atoms with Crippen LogP contribution in [0.25, 0.3) is 0 Å². The van der Waals surface area contributed by atoms with Crippen molar-refractivity contribution in [1.82, 2.24) is 5.32 Å². The Morgan fingerprint density at radius 3 is 2.81 bits per heavy atom. The average Bonchev–Trinajstić information content (AvgIpc) is 2.58. The van der Waals surface area contributed by atoms with Gasteiger partial charge in [0.1, 0.15) is 0 Å². The Balaban J connectivity index is 2.64. The van der Waals surface area contributed by atoms with E-state index in [0.717, 1.165) is 9.35 Å². The maximum absolute atomic E-state index is 11.9. The number of halogens is 2. The number of thiophene rings is 1. The lowest BCUT2D eigenvalue weighted by Gasteiger charge is -2.14. The third-order valence-electron chi connectivity index (χ3n) is 1.97. The molecule has 0 aliphatic rings. The molecule has 6 heteroatoms. The van der Waals surface area contributed by atoms with Crippen molar-refractivity contribution in [2.45, 2.75) is 13.0 Å². The van der Waals surface area contributed by atoms with Crippen molar-refractivity contribution in [1.29, 1.82) is 0 Å². The van der Waals surface area contributed by atoms with Crippen LogP contribution in [-0.2, 0) is 4.74 Å². The van der Waals surface area contributed by atoms with Crippen molar-refractivity contribution in [2.24, 2.45) is 0 Å². The summed E-state index contributed by atoms with van der Waals surface area (Å²) in [4.78, 5) is 12.6. The lowest BCUT2D eigenvalue weighted by Crippen LogP contribution is -2.38. The van der Waals surface area contributed by atoms with Gasteiger partial charge in [-0.3, -0.25) is 4.79 Å². The Morgan fingerprint density at radius 2 is 2.38 bits per heavy atom. The fraction of sp³-hybridized carbons (Fsp3) is 0.500. The molecule has 1 heterocycles. The van der Waals surface area contributed by atoms with Gasteiger partial charge in [0.25, 0.3) is 5.91 Å². The normalized spacial score (nSPS) is 12.5. The van der Waals surface area contributed by atoms with E-state index < -0.39 is 0 Å². The largest absolute Gasteiger partial charge is 0.383 e. The monoisotopic (exact) mass is 369 g/mol. The molecule has 1 aromatic rings. The molecule has 1 unspecified atom stereocenters. The Morgan fingerprint density at radius 1 is 1.69 bits per heavy atom. The standard InChI is InChI=1S/C10H13Br2NO2S/c1-6-3-8(16-9(6)12)10(14)13-7(4-11)5-15-2/h3,7H,4-5H2,1-2H3,(H,13,14). The van der Waals surface area contributed by atoms with Gasteiger partial charge in [0.05, 0.1) is 21.3 Å². The maximum atomic E-state index is 11.9. The molecular formula is C10H13Br2NO2S. The van der Waals surface area contributed by atoms with Gasteiger partial charge >= 0.3 is 0 Å². The first-order valence-electron chi connectivity index (χ1n) is 4.70. The molecule has 0 aliphatic heterocycles. The van der Waals surface area contributed by atoms with Crippen molar-refractivity contribution in [3.05, 3.63) is 20.3 Å². The van der Waals surface area contributed by atoms with E-state index in [1.165, 1.54) is 11.3 Å². The summed E-state index contributed by atoms with van der Waals surface area (Å²) in [5.74, 6) is -0.0553. The van der Waals surface area contributed by atoms with Crippen LogP contribution in [-0.4, -0.2) is 31.0 Å². The number of nitrogens with one attached hydrogen (secondary N) is 1. The zero-order valence-corrected chi connectivity index (χ0v) is 13.0.